The topological polar surface area (TPSA) is 82.3 Å². The summed E-state index contributed by atoms with van der Waals surface area (Å²) in [6, 6.07) is 25.2. The van der Waals surface area contributed by atoms with E-state index in [1.54, 1.807) is 12.1 Å². The number of halogens is 1. The summed E-state index contributed by atoms with van der Waals surface area (Å²) in [6.07, 6.45) is 0. The number of rotatable bonds is 6. The fourth-order valence-electron chi connectivity index (χ4n) is 4.30. The minimum atomic E-state index is -1.21. The predicted octanol–water partition coefficient (Wildman–Crippen LogP) is 4.45. The van der Waals surface area contributed by atoms with E-state index in [2.05, 4.69) is 11.0 Å². The fourth-order valence-corrected chi connectivity index (χ4v) is 4.30. The number of para-hydroxylation sites is 2. The molecule has 2 heterocycles. The van der Waals surface area contributed by atoms with E-state index >= 15 is 0 Å². The Hall–Kier alpha value is -4.51. The largest absolute Gasteiger partial charge is 0.460 e. The van der Waals surface area contributed by atoms with Gasteiger partial charge in [0.1, 0.15) is 18.1 Å². The van der Waals surface area contributed by atoms with Crippen molar-refractivity contribution in [1.29, 1.82) is 5.26 Å². The van der Waals surface area contributed by atoms with Crippen molar-refractivity contribution in [2.45, 2.75) is 12.5 Å². The lowest BCUT2D eigenvalue weighted by molar-refractivity contribution is -0.145. The number of anilines is 2. The summed E-state index contributed by atoms with van der Waals surface area (Å²) in [4.78, 5) is 26.7. The van der Waals surface area contributed by atoms with Crippen LogP contribution in [-0.4, -0.2) is 42.1 Å². The zero-order valence-corrected chi connectivity index (χ0v) is 19.5. The van der Waals surface area contributed by atoms with Gasteiger partial charge in [0, 0.05) is 31.9 Å². The van der Waals surface area contributed by atoms with Crippen molar-refractivity contribution in [3.8, 4) is 6.07 Å². The molecule has 0 spiro atoms. The Kier molecular flexibility index (Phi) is 6.72. The van der Waals surface area contributed by atoms with Gasteiger partial charge in [-0.2, -0.15) is 5.26 Å². The van der Waals surface area contributed by atoms with Gasteiger partial charge in [-0.25, -0.2) is 14.4 Å². The molecule has 4 aromatic rings. The van der Waals surface area contributed by atoms with Crippen LogP contribution in [0, 0.1) is 17.1 Å². The van der Waals surface area contributed by atoms with Crippen LogP contribution < -0.4 is 9.80 Å². The first-order valence-corrected chi connectivity index (χ1v) is 11.7. The summed E-state index contributed by atoms with van der Waals surface area (Å²) < 4.78 is 18.8. The van der Waals surface area contributed by atoms with Gasteiger partial charge in [-0.3, -0.25) is 4.79 Å². The van der Waals surface area contributed by atoms with Gasteiger partial charge in [0.15, 0.2) is 11.7 Å². The number of hydrogen-bond donors (Lipinski definition) is 0. The molecule has 180 valence electrons. The highest BCUT2D eigenvalue weighted by atomic mass is 19.1. The second-order valence-corrected chi connectivity index (χ2v) is 8.53. The third-order valence-corrected chi connectivity index (χ3v) is 6.21. The van der Waals surface area contributed by atoms with Crippen LogP contribution in [0.4, 0.5) is 15.9 Å². The number of fused-ring (bicyclic) bond motifs is 1. The highest BCUT2D eigenvalue weighted by molar-refractivity contribution is 5.85. The molecule has 0 radical (unpaired) electrons. The Labute approximate surface area is 208 Å². The first kappa shape index (κ1) is 23.2. The minimum Gasteiger partial charge on any atom is -0.460 e. The molecule has 1 unspecified atom stereocenters. The fraction of sp³-hybridized carbons (Fsp3) is 0.214. The van der Waals surface area contributed by atoms with Crippen molar-refractivity contribution < 1.29 is 13.9 Å². The number of carbonyl (C=O) groups is 1. The molecule has 0 bridgehead atoms. The molecule has 0 aliphatic carbocycles. The minimum absolute atomic E-state index is 0.0739. The molecule has 1 aliphatic rings. The molecule has 1 atom stereocenters. The van der Waals surface area contributed by atoms with Crippen LogP contribution in [0.2, 0.25) is 0 Å². The summed E-state index contributed by atoms with van der Waals surface area (Å²) >= 11 is 0. The van der Waals surface area contributed by atoms with Crippen molar-refractivity contribution in [2.24, 2.45) is 0 Å². The SMILES string of the molecule is N#CC(C(=O)OCc1ccccc1)c1nc2ccccc2nc1N1CCN(c2ccc(F)cc2)CC1. The molecular formula is C28H24FN5O2. The van der Waals surface area contributed by atoms with Crippen LogP contribution in [0.5, 0.6) is 0 Å². The molecule has 0 N–H and O–H groups in total. The van der Waals surface area contributed by atoms with E-state index in [0.29, 0.717) is 48.7 Å². The average Bonchev–Trinajstić information content (AvgIpc) is 2.93. The monoisotopic (exact) mass is 481 g/mol. The maximum absolute atomic E-state index is 13.3. The van der Waals surface area contributed by atoms with Gasteiger partial charge in [0.05, 0.1) is 17.1 Å². The van der Waals surface area contributed by atoms with Crippen LogP contribution >= 0.6 is 0 Å². The van der Waals surface area contributed by atoms with Crippen LogP contribution in [0.1, 0.15) is 17.2 Å². The highest BCUT2D eigenvalue weighted by Gasteiger charge is 2.31. The number of aromatic nitrogens is 2. The molecule has 36 heavy (non-hydrogen) atoms. The van der Waals surface area contributed by atoms with Gasteiger partial charge in [0.2, 0.25) is 0 Å². The van der Waals surface area contributed by atoms with Crippen molar-refractivity contribution in [3.63, 3.8) is 0 Å². The maximum atomic E-state index is 13.3. The van der Waals surface area contributed by atoms with E-state index in [1.165, 1.54) is 12.1 Å². The number of hydrogen-bond acceptors (Lipinski definition) is 7. The molecule has 1 fully saturated rings. The number of benzene rings is 3. The first-order chi connectivity index (χ1) is 17.6. The van der Waals surface area contributed by atoms with Gasteiger partial charge in [-0.15, -0.1) is 0 Å². The lowest BCUT2D eigenvalue weighted by Crippen LogP contribution is -2.47. The highest BCUT2D eigenvalue weighted by Crippen LogP contribution is 2.29. The molecule has 0 amide bonds. The molecule has 1 saturated heterocycles. The van der Waals surface area contributed by atoms with E-state index in [0.717, 1.165) is 11.3 Å². The Morgan fingerprint density at radius 2 is 1.50 bits per heavy atom. The lowest BCUT2D eigenvalue weighted by atomic mass is 10.1. The third kappa shape index (κ3) is 4.96. The van der Waals surface area contributed by atoms with Crippen molar-refractivity contribution in [2.75, 3.05) is 36.0 Å². The van der Waals surface area contributed by atoms with Gasteiger partial charge >= 0.3 is 5.97 Å². The van der Waals surface area contributed by atoms with E-state index < -0.39 is 11.9 Å². The zero-order valence-electron chi connectivity index (χ0n) is 19.5. The Morgan fingerprint density at radius 1 is 0.889 bits per heavy atom. The molecular weight excluding hydrogens is 457 g/mol. The van der Waals surface area contributed by atoms with Crippen LogP contribution in [0.15, 0.2) is 78.9 Å². The summed E-state index contributed by atoms with van der Waals surface area (Å²) in [5, 5.41) is 9.98. The molecule has 1 aromatic heterocycles. The zero-order chi connectivity index (χ0) is 24.9. The average molecular weight is 482 g/mol. The van der Waals surface area contributed by atoms with E-state index in [-0.39, 0.29) is 12.4 Å². The van der Waals surface area contributed by atoms with Gasteiger partial charge in [0.25, 0.3) is 0 Å². The summed E-state index contributed by atoms with van der Waals surface area (Å²) in [5.74, 6) is -1.63. The summed E-state index contributed by atoms with van der Waals surface area (Å²) in [7, 11) is 0. The summed E-state index contributed by atoms with van der Waals surface area (Å²) in [5.41, 5.74) is 3.37. The van der Waals surface area contributed by atoms with Crippen molar-refractivity contribution in [3.05, 3.63) is 95.9 Å². The third-order valence-electron chi connectivity index (χ3n) is 6.21. The molecule has 0 saturated carbocycles. The number of esters is 1. The summed E-state index contributed by atoms with van der Waals surface area (Å²) in [6.45, 7) is 2.64. The van der Waals surface area contributed by atoms with E-state index in [1.807, 2.05) is 59.5 Å². The Bertz CT molecular complexity index is 1400. The van der Waals surface area contributed by atoms with Gasteiger partial charge in [-0.05, 0) is 42.0 Å². The quantitative estimate of drug-likeness (QED) is 0.377. The number of ether oxygens (including phenoxy) is 1. The maximum Gasteiger partial charge on any atom is 0.330 e. The standard InChI is InChI=1S/C28H24FN5O2/c29-21-10-12-22(13-11-21)33-14-16-34(17-15-33)27-26(31-24-8-4-5-9-25(24)32-27)23(18-30)28(35)36-19-20-6-2-1-3-7-20/h1-13,23H,14-17,19H2. The normalized spacial score (nSPS) is 14.3. The molecule has 3 aromatic carbocycles. The van der Waals surface area contributed by atoms with Crippen molar-refractivity contribution in [1.82, 2.24) is 9.97 Å². The number of nitrogens with zero attached hydrogens (tertiary/aromatic N) is 5. The number of nitriles is 1. The van der Waals surface area contributed by atoms with Crippen LogP contribution in [-0.2, 0) is 16.1 Å². The van der Waals surface area contributed by atoms with Crippen LogP contribution in [0.25, 0.3) is 11.0 Å². The first-order valence-electron chi connectivity index (χ1n) is 11.7. The molecule has 8 heteroatoms. The number of piperazine rings is 1. The van der Waals surface area contributed by atoms with Crippen LogP contribution in [0.3, 0.4) is 0 Å². The van der Waals surface area contributed by atoms with E-state index in [9.17, 15) is 14.4 Å². The molecule has 7 nitrogen and oxygen atoms in total. The predicted molar refractivity (Wildman–Crippen MR) is 135 cm³/mol. The van der Waals surface area contributed by atoms with E-state index in [4.69, 9.17) is 14.7 Å². The molecule has 1 aliphatic heterocycles. The second-order valence-electron chi connectivity index (χ2n) is 8.53. The van der Waals surface area contributed by atoms with Gasteiger partial charge in [-0.1, -0.05) is 42.5 Å². The lowest BCUT2D eigenvalue weighted by Gasteiger charge is -2.37. The Morgan fingerprint density at radius 3 is 2.17 bits per heavy atom. The number of carbonyl (C=O) groups excluding carboxylic acids is 1. The van der Waals surface area contributed by atoms with Gasteiger partial charge < -0.3 is 14.5 Å². The van der Waals surface area contributed by atoms with Crippen molar-refractivity contribution >= 4 is 28.5 Å². The molecule has 5 rings (SSSR count). The Balaban J connectivity index is 1.41. The smallest absolute Gasteiger partial charge is 0.330 e. The second kappa shape index (κ2) is 10.4.